The van der Waals surface area contributed by atoms with E-state index in [9.17, 15) is 4.79 Å². The predicted octanol–water partition coefficient (Wildman–Crippen LogP) is 1.99. The summed E-state index contributed by atoms with van der Waals surface area (Å²) >= 11 is 0. The third-order valence-electron chi connectivity index (χ3n) is 3.98. The number of aromatic nitrogens is 2. The van der Waals surface area contributed by atoms with Crippen LogP contribution >= 0.6 is 0 Å². The third kappa shape index (κ3) is 2.64. The van der Waals surface area contributed by atoms with Crippen molar-refractivity contribution in [3.8, 4) is 11.5 Å². The zero-order valence-corrected chi connectivity index (χ0v) is 12.1. The van der Waals surface area contributed by atoms with Crippen LogP contribution in [0.2, 0.25) is 0 Å². The van der Waals surface area contributed by atoms with E-state index in [1.807, 2.05) is 24.3 Å². The fraction of sp³-hybridized carbons (Fsp3) is 0.375. The first-order valence-corrected chi connectivity index (χ1v) is 7.51. The van der Waals surface area contributed by atoms with E-state index in [0.717, 1.165) is 29.2 Å². The average Bonchev–Trinajstić information content (AvgIpc) is 3.08. The molecule has 2 N–H and O–H groups in total. The maximum Gasteiger partial charge on any atom is 0.271 e. The molecule has 1 amide bonds. The second kappa shape index (κ2) is 5.36. The van der Waals surface area contributed by atoms with E-state index < -0.39 is 0 Å². The highest BCUT2D eigenvalue weighted by Crippen LogP contribution is 2.39. The van der Waals surface area contributed by atoms with Crippen molar-refractivity contribution in [3.05, 3.63) is 41.2 Å². The molecule has 6 nitrogen and oxygen atoms in total. The summed E-state index contributed by atoms with van der Waals surface area (Å²) in [7, 11) is 0. The Morgan fingerprint density at radius 3 is 3.00 bits per heavy atom. The van der Waals surface area contributed by atoms with E-state index >= 15 is 0 Å². The largest absolute Gasteiger partial charge is 0.454 e. The fourth-order valence-electron chi connectivity index (χ4n) is 2.56. The van der Waals surface area contributed by atoms with Gasteiger partial charge in [-0.1, -0.05) is 6.07 Å². The number of nitrogens with one attached hydrogen (secondary N) is 2. The Hall–Kier alpha value is -2.50. The standard InChI is InChI=1S/C16H17N3O3/c20-16(13-8-12(18-19-13)11-2-3-11)17-6-5-10-1-4-14-15(7-10)22-9-21-14/h1,4,7-8,11H,2-3,5-6,9H2,(H,17,20)(H,18,19). The summed E-state index contributed by atoms with van der Waals surface area (Å²) in [5.74, 6) is 1.98. The Labute approximate surface area is 127 Å². The van der Waals surface area contributed by atoms with Gasteiger partial charge in [-0.15, -0.1) is 0 Å². The first kappa shape index (κ1) is 13.2. The lowest BCUT2D eigenvalue weighted by molar-refractivity contribution is 0.0949. The molecule has 0 atom stereocenters. The van der Waals surface area contributed by atoms with Gasteiger partial charge in [-0.2, -0.15) is 5.10 Å². The van der Waals surface area contributed by atoms with E-state index in [-0.39, 0.29) is 12.7 Å². The molecule has 1 fully saturated rings. The highest BCUT2D eigenvalue weighted by molar-refractivity contribution is 5.92. The molecule has 0 unspecified atom stereocenters. The van der Waals surface area contributed by atoms with Crippen LogP contribution in [0.3, 0.4) is 0 Å². The van der Waals surface area contributed by atoms with Crippen LogP contribution in [0.4, 0.5) is 0 Å². The van der Waals surface area contributed by atoms with Gasteiger partial charge in [-0.05, 0) is 43.0 Å². The minimum absolute atomic E-state index is 0.135. The number of carbonyl (C=O) groups is 1. The van der Waals surface area contributed by atoms with Gasteiger partial charge in [-0.25, -0.2) is 0 Å². The highest BCUT2D eigenvalue weighted by atomic mass is 16.7. The average molecular weight is 299 g/mol. The molecule has 2 heterocycles. The molecule has 2 aliphatic rings. The normalized spacial score (nSPS) is 15.8. The van der Waals surface area contributed by atoms with Crippen LogP contribution in [0.15, 0.2) is 24.3 Å². The maximum absolute atomic E-state index is 12.0. The summed E-state index contributed by atoms with van der Waals surface area (Å²) in [6.07, 6.45) is 3.11. The molecule has 114 valence electrons. The Kier molecular flexibility index (Phi) is 3.21. The van der Waals surface area contributed by atoms with Gasteiger partial charge in [0.05, 0.1) is 0 Å². The number of H-pyrrole nitrogens is 1. The van der Waals surface area contributed by atoms with Crippen LogP contribution in [0.25, 0.3) is 0 Å². The maximum atomic E-state index is 12.0. The lowest BCUT2D eigenvalue weighted by Gasteiger charge is -2.04. The molecule has 4 rings (SSSR count). The number of hydrogen-bond donors (Lipinski definition) is 2. The molecular formula is C16H17N3O3. The number of ether oxygens (including phenoxy) is 2. The van der Waals surface area contributed by atoms with Crippen molar-refractivity contribution < 1.29 is 14.3 Å². The molecule has 0 bridgehead atoms. The number of rotatable bonds is 5. The Bertz CT molecular complexity index is 706. The van der Waals surface area contributed by atoms with Crippen LogP contribution in [-0.4, -0.2) is 29.4 Å². The van der Waals surface area contributed by atoms with E-state index in [1.165, 1.54) is 12.8 Å². The number of amides is 1. The number of hydrogen-bond acceptors (Lipinski definition) is 4. The summed E-state index contributed by atoms with van der Waals surface area (Å²) in [6, 6.07) is 7.69. The van der Waals surface area contributed by atoms with Gasteiger partial charge in [0, 0.05) is 18.2 Å². The first-order valence-electron chi connectivity index (χ1n) is 7.51. The molecule has 0 spiro atoms. The van der Waals surface area contributed by atoms with Gasteiger partial charge >= 0.3 is 0 Å². The third-order valence-corrected chi connectivity index (χ3v) is 3.98. The number of benzene rings is 1. The monoisotopic (exact) mass is 299 g/mol. The predicted molar refractivity (Wildman–Crippen MR) is 79.2 cm³/mol. The van der Waals surface area contributed by atoms with Gasteiger partial charge in [0.15, 0.2) is 11.5 Å². The zero-order chi connectivity index (χ0) is 14.9. The number of fused-ring (bicyclic) bond motifs is 1. The molecule has 0 saturated heterocycles. The Morgan fingerprint density at radius 2 is 2.14 bits per heavy atom. The second-order valence-corrected chi connectivity index (χ2v) is 5.68. The van der Waals surface area contributed by atoms with Crippen molar-refractivity contribution in [1.29, 1.82) is 0 Å². The molecule has 22 heavy (non-hydrogen) atoms. The van der Waals surface area contributed by atoms with Crippen molar-refractivity contribution in [2.75, 3.05) is 13.3 Å². The summed E-state index contributed by atoms with van der Waals surface area (Å²) in [5.41, 5.74) is 2.64. The van der Waals surface area contributed by atoms with E-state index in [0.29, 0.717) is 18.2 Å². The zero-order valence-electron chi connectivity index (χ0n) is 12.1. The fourth-order valence-corrected chi connectivity index (χ4v) is 2.56. The van der Waals surface area contributed by atoms with Gasteiger partial charge in [0.1, 0.15) is 5.69 Å². The van der Waals surface area contributed by atoms with Gasteiger partial charge in [-0.3, -0.25) is 9.89 Å². The number of aromatic amines is 1. The highest BCUT2D eigenvalue weighted by Gasteiger charge is 2.26. The van der Waals surface area contributed by atoms with Crippen molar-refractivity contribution in [3.63, 3.8) is 0 Å². The minimum Gasteiger partial charge on any atom is -0.454 e. The summed E-state index contributed by atoms with van der Waals surface area (Å²) < 4.78 is 10.6. The van der Waals surface area contributed by atoms with Crippen molar-refractivity contribution in [2.24, 2.45) is 0 Å². The second-order valence-electron chi connectivity index (χ2n) is 5.68. The molecule has 0 radical (unpaired) electrons. The number of nitrogens with zero attached hydrogens (tertiary/aromatic N) is 1. The van der Waals surface area contributed by atoms with Gasteiger partial charge in [0.25, 0.3) is 5.91 Å². The van der Waals surface area contributed by atoms with Crippen molar-refractivity contribution in [1.82, 2.24) is 15.5 Å². The molecule has 1 aliphatic heterocycles. The minimum atomic E-state index is -0.135. The molecule has 2 aromatic rings. The van der Waals surface area contributed by atoms with Gasteiger partial charge in [0.2, 0.25) is 6.79 Å². The molecule has 6 heteroatoms. The van der Waals surface area contributed by atoms with E-state index in [2.05, 4.69) is 15.5 Å². The Balaban J connectivity index is 1.31. The Morgan fingerprint density at radius 1 is 1.27 bits per heavy atom. The summed E-state index contributed by atoms with van der Waals surface area (Å²) in [4.78, 5) is 12.0. The van der Waals surface area contributed by atoms with Crippen LogP contribution in [-0.2, 0) is 6.42 Å². The van der Waals surface area contributed by atoms with E-state index in [4.69, 9.17) is 9.47 Å². The lowest BCUT2D eigenvalue weighted by Crippen LogP contribution is -2.26. The van der Waals surface area contributed by atoms with Gasteiger partial charge < -0.3 is 14.8 Å². The molecule has 1 aliphatic carbocycles. The van der Waals surface area contributed by atoms with E-state index in [1.54, 1.807) is 0 Å². The smallest absolute Gasteiger partial charge is 0.271 e. The molecule has 1 aromatic carbocycles. The summed E-state index contributed by atoms with van der Waals surface area (Å²) in [6.45, 7) is 0.835. The first-order chi connectivity index (χ1) is 10.8. The molecular weight excluding hydrogens is 282 g/mol. The van der Waals surface area contributed by atoms with Crippen LogP contribution in [0.1, 0.15) is 40.5 Å². The van der Waals surface area contributed by atoms with Crippen LogP contribution in [0.5, 0.6) is 11.5 Å². The van der Waals surface area contributed by atoms with Crippen LogP contribution < -0.4 is 14.8 Å². The lowest BCUT2D eigenvalue weighted by atomic mass is 10.1. The van der Waals surface area contributed by atoms with Crippen molar-refractivity contribution in [2.45, 2.75) is 25.2 Å². The topological polar surface area (TPSA) is 76.2 Å². The SMILES string of the molecule is O=C(NCCc1ccc2c(c1)OCO2)c1cc(C2CC2)[nH]n1. The van der Waals surface area contributed by atoms with Crippen molar-refractivity contribution >= 4 is 5.91 Å². The molecule has 1 saturated carbocycles. The summed E-state index contributed by atoms with van der Waals surface area (Å²) in [5, 5.41) is 9.91. The molecule has 1 aromatic heterocycles. The quantitative estimate of drug-likeness (QED) is 0.885. The number of carbonyl (C=O) groups excluding carboxylic acids is 1. The van der Waals surface area contributed by atoms with Crippen LogP contribution in [0, 0.1) is 0 Å².